The Morgan fingerprint density at radius 2 is 2.26 bits per heavy atom. The summed E-state index contributed by atoms with van der Waals surface area (Å²) in [6.07, 6.45) is 5.40. The van der Waals surface area contributed by atoms with Gasteiger partial charge in [-0.25, -0.2) is 18.1 Å². The molecule has 23 heavy (non-hydrogen) atoms. The lowest BCUT2D eigenvalue weighted by atomic mass is 10.00. The number of nitrogens with two attached hydrogens (primary N) is 1. The largest absolute Gasteiger partial charge is 0.366 e. The number of sulfonamides is 1. The third-order valence-electron chi connectivity index (χ3n) is 4.02. The highest BCUT2D eigenvalue weighted by Gasteiger charge is 2.22. The molecule has 2 heterocycles. The first-order valence-corrected chi connectivity index (χ1v) is 8.83. The van der Waals surface area contributed by atoms with Crippen molar-refractivity contribution in [3.8, 4) is 0 Å². The lowest BCUT2D eigenvalue weighted by Crippen LogP contribution is -2.33. The van der Waals surface area contributed by atoms with Crippen molar-refractivity contribution in [2.24, 2.45) is 11.7 Å². The van der Waals surface area contributed by atoms with Crippen LogP contribution < -0.4 is 10.5 Å². The molecule has 1 aromatic carbocycles. The standard InChI is InChI=1S/C15H18N4O3S/c16-15(20)12-2-1-3-13(8-12)23(21,22)18-9-11-4-5-14-17-6-7-19(14)10-11/h1-3,6-8,11,18H,4-5,9-10H2,(H2,16,20)/t11-/m1/s1. The molecule has 1 aliphatic heterocycles. The highest BCUT2D eigenvalue weighted by Crippen LogP contribution is 2.19. The zero-order valence-corrected chi connectivity index (χ0v) is 13.3. The molecule has 3 rings (SSSR count). The first-order chi connectivity index (χ1) is 11.0. The lowest BCUT2D eigenvalue weighted by Gasteiger charge is -2.23. The highest BCUT2D eigenvalue weighted by atomic mass is 32.2. The Balaban J connectivity index is 1.68. The Kier molecular flexibility index (Phi) is 4.18. The molecule has 1 aliphatic rings. The molecule has 1 atom stereocenters. The average Bonchev–Trinajstić information content (AvgIpc) is 3.01. The quantitative estimate of drug-likeness (QED) is 0.831. The van der Waals surface area contributed by atoms with Gasteiger partial charge in [-0.3, -0.25) is 4.79 Å². The number of rotatable bonds is 5. The Morgan fingerprint density at radius 3 is 3.04 bits per heavy atom. The molecule has 122 valence electrons. The van der Waals surface area contributed by atoms with E-state index < -0.39 is 15.9 Å². The minimum atomic E-state index is -3.66. The molecular weight excluding hydrogens is 316 g/mol. The molecule has 3 N–H and O–H groups in total. The van der Waals surface area contributed by atoms with E-state index in [0.717, 1.165) is 25.2 Å². The molecule has 0 saturated carbocycles. The summed E-state index contributed by atoms with van der Waals surface area (Å²) in [5.74, 6) is 0.603. The first-order valence-electron chi connectivity index (χ1n) is 7.35. The van der Waals surface area contributed by atoms with E-state index in [0.29, 0.717) is 6.54 Å². The number of primary amides is 1. The van der Waals surface area contributed by atoms with E-state index in [2.05, 4.69) is 14.3 Å². The predicted molar refractivity (Wildman–Crippen MR) is 84.2 cm³/mol. The molecule has 0 saturated heterocycles. The van der Waals surface area contributed by atoms with Gasteiger partial charge in [0, 0.05) is 37.5 Å². The number of carbonyl (C=O) groups is 1. The molecule has 0 unspecified atom stereocenters. The van der Waals surface area contributed by atoms with Gasteiger partial charge in [-0.05, 0) is 30.5 Å². The van der Waals surface area contributed by atoms with E-state index >= 15 is 0 Å². The number of hydrogen-bond acceptors (Lipinski definition) is 4. The minimum absolute atomic E-state index is 0.0490. The van der Waals surface area contributed by atoms with Crippen LogP contribution in [0.4, 0.5) is 0 Å². The van der Waals surface area contributed by atoms with E-state index in [1.54, 1.807) is 6.20 Å². The monoisotopic (exact) mass is 334 g/mol. The maximum atomic E-state index is 12.4. The molecule has 0 fully saturated rings. The molecule has 0 aliphatic carbocycles. The lowest BCUT2D eigenvalue weighted by molar-refractivity contribution is 0.1000. The number of imidazole rings is 1. The Hall–Kier alpha value is -2.19. The maximum absolute atomic E-state index is 12.4. The average molecular weight is 334 g/mol. The number of aromatic nitrogens is 2. The number of hydrogen-bond donors (Lipinski definition) is 2. The van der Waals surface area contributed by atoms with Crippen LogP contribution in [0.15, 0.2) is 41.6 Å². The fourth-order valence-corrected chi connectivity index (χ4v) is 3.89. The second-order valence-corrected chi connectivity index (χ2v) is 7.41. The fourth-order valence-electron chi connectivity index (χ4n) is 2.73. The normalized spacial score (nSPS) is 17.7. The van der Waals surface area contributed by atoms with Crippen molar-refractivity contribution >= 4 is 15.9 Å². The van der Waals surface area contributed by atoms with Crippen molar-refractivity contribution < 1.29 is 13.2 Å². The number of aryl methyl sites for hydroxylation is 1. The summed E-state index contributed by atoms with van der Waals surface area (Å²) in [5, 5.41) is 0. The molecule has 0 bridgehead atoms. The minimum Gasteiger partial charge on any atom is -0.366 e. The summed E-state index contributed by atoms with van der Waals surface area (Å²) >= 11 is 0. The van der Waals surface area contributed by atoms with E-state index in [-0.39, 0.29) is 16.4 Å². The van der Waals surface area contributed by atoms with E-state index in [1.165, 1.54) is 24.3 Å². The molecule has 8 heteroatoms. The highest BCUT2D eigenvalue weighted by molar-refractivity contribution is 7.89. The van der Waals surface area contributed by atoms with Crippen LogP contribution in [0.2, 0.25) is 0 Å². The summed E-state index contributed by atoms with van der Waals surface area (Å²) < 4.78 is 29.4. The van der Waals surface area contributed by atoms with Gasteiger partial charge in [-0.15, -0.1) is 0 Å². The summed E-state index contributed by atoms with van der Waals surface area (Å²) in [7, 11) is -3.66. The van der Waals surface area contributed by atoms with Crippen molar-refractivity contribution in [2.75, 3.05) is 6.54 Å². The fraction of sp³-hybridized carbons (Fsp3) is 0.333. The molecular formula is C15H18N4O3S. The molecule has 1 amide bonds. The van der Waals surface area contributed by atoms with E-state index in [4.69, 9.17) is 5.73 Å². The number of amides is 1. The van der Waals surface area contributed by atoms with Crippen molar-refractivity contribution in [1.82, 2.24) is 14.3 Å². The van der Waals surface area contributed by atoms with Crippen LogP contribution in [0.1, 0.15) is 22.6 Å². The van der Waals surface area contributed by atoms with Gasteiger partial charge in [-0.1, -0.05) is 6.07 Å². The third-order valence-corrected chi connectivity index (χ3v) is 5.44. The van der Waals surface area contributed by atoms with Crippen LogP contribution in [-0.2, 0) is 23.0 Å². The summed E-state index contributed by atoms with van der Waals surface area (Å²) in [6, 6.07) is 5.74. The number of benzene rings is 1. The topological polar surface area (TPSA) is 107 Å². The Morgan fingerprint density at radius 1 is 1.43 bits per heavy atom. The zero-order valence-electron chi connectivity index (χ0n) is 12.5. The van der Waals surface area contributed by atoms with Gasteiger partial charge in [0.15, 0.2) is 0 Å². The van der Waals surface area contributed by atoms with Crippen molar-refractivity contribution in [1.29, 1.82) is 0 Å². The van der Waals surface area contributed by atoms with Crippen LogP contribution in [0, 0.1) is 5.92 Å². The SMILES string of the molecule is NC(=O)c1cccc(S(=O)(=O)NC[C@H]2CCc3nccn3C2)c1. The second kappa shape index (κ2) is 6.13. The Bertz CT molecular complexity index is 829. The van der Waals surface area contributed by atoms with Gasteiger partial charge in [0.2, 0.25) is 15.9 Å². The summed E-state index contributed by atoms with van der Waals surface area (Å²) in [6.45, 7) is 1.10. The number of fused-ring (bicyclic) bond motifs is 1. The number of nitrogens with zero attached hydrogens (tertiary/aromatic N) is 2. The van der Waals surface area contributed by atoms with Crippen LogP contribution in [0.3, 0.4) is 0 Å². The van der Waals surface area contributed by atoms with Crippen LogP contribution in [-0.4, -0.2) is 30.4 Å². The van der Waals surface area contributed by atoms with E-state index in [1.807, 2.05) is 6.20 Å². The van der Waals surface area contributed by atoms with E-state index in [9.17, 15) is 13.2 Å². The third kappa shape index (κ3) is 3.43. The molecule has 2 aromatic rings. The summed E-state index contributed by atoms with van der Waals surface area (Å²) in [5.41, 5.74) is 5.36. The number of carbonyl (C=O) groups excluding carboxylic acids is 1. The Labute approximate surface area is 134 Å². The van der Waals surface area contributed by atoms with Crippen molar-refractivity contribution in [3.05, 3.63) is 48.0 Å². The van der Waals surface area contributed by atoms with Gasteiger partial charge < -0.3 is 10.3 Å². The first kappa shape index (κ1) is 15.7. The zero-order chi connectivity index (χ0) is 16.4. The van der Waals surface area contributed by atoms with Crippen LogP contribution >= 0.6 is 0 Å². The maximum Gasteiger partial charge on any atom is 0.248 e. The van der Waals surface area contributed by atoms with Gasteiger partial charge in [0.05, 0.1) is 4.90 Å². The van der Waals surface area contributed by atoms with Crippen molar-refractivity contribution in [3.63, 3.8) is 0 Å². The molecule has 0 radical (unpaired) electrons. The van der Waals surface area contributed by atoms with Gasteiger partial charge >= 0.3 is 0 Å². The van der Waals surface area contributed by atoms with Crippen LogP contribution in [0.5, 0.6) is 0 Å². The molecule has 0 spiro atoms. The number of nitrogens with one attached hydrogen (secondary N) is 1. The molecule has 1 aromatic heterocycles. The van der Waals surface area contributed by atoms with Gasteiger partial charge in [0.25, 0.3) is 0 Å². The second-order valence-electron chi connectivity index (χ2n) is 5.64. The van der Waals surface area contributed by atoms with Gasteiger partial charge in [0.1, 0.15) is 5.82 Å². The van der Waals surface area contributed by atoms with Crippen LogP contribution in [0.25, 0.3) is 0 Å². The van der Waals surface area contributed by atoms with Crippen molar-refractivity contribution in [2.45, 2.75) is 24.3 Å². The smallest absolute Gasteiger partial charge is 0.248 e. The molecule has 7 nitrogen and oxygen atoms in total. The summed E-state index contributed by atoms with van der Waals surface area (Å²) in [4.78, 5) is 15.5. The van der Waals surface area contributed by atoms with Gasteiger partial charge in [-0.2, -0.15) is 0 Å². The predicted octanol–water partition coefficient (Wildman–Crippen LogP) is 0.523.